The molecule has 1 rings (SSSR count). The van der Waals surface area contributed by atoms with E-state index >= 15 is 0 Å². The summed E-state index contributed by atoms with van der Waals surface area (Å²) in [6.45, 7) is 10.8. The normalized spacial score (nSPS) is 29.1. The van der Waals surface area contributed by atoms with E-state index in [1.54, 1.807) is 0 Å². The average Bonchev–Trinajstić information content (AvgIpc) is 2.18. The molecule has 88 valence electrons. The quantitative estimate of drug-likeness (QED) is 0.680. The van der Waals surface area contributed by atoms with Crippen molar-refractivity contribution in [3.05, 3.63) is 12.7 Å². The molecule has 1 aliphatic rings. The summed E-state index contributed by atoms with van der Waals surface area (Å²) in [5, 5.41) is 3.78. The summed E-state index contributed by atoms with van der Waals surface area (Å²) in [6.07, 6.45) is 8.71. The Hall–Kier alpha value is -0.300. The summed E-state index contributed by atoms with van der Waals surface area (Å²) in [5.74, 6) is 1.70. The molecule has 3 unspecified atom stereocenters. The molecule has 1 aliphatic carbocycles. The Labute approximate surface area is 95.3 Å². The smallest absolute Gasteiger partial charge is 0.0100 e. The van der Waals surface area contributed by atoms with Gasteiger partial charge in [0.1, 0.15) is 0 Å². The standard InChI is InChI=1S/C14H27N/c1-5-8-12(4)15-14-10-7-6-9-13(14)11(2)3/h5,11-15H,1,6-10H2,2-4H3. The first-order chi connectivity index (χ1) is 7.15. The third-order valence-electron chi connectivity index (χ3n) is 3.69. The van der Waals surface area contributed by atoms with Gasteiger partial charge in [0.2, 0.25) is 0 Å². The second kappa shape index (κ2) is 6.32. The predicted octanol–water partition coefficient (Wildman–Crippen LogP) is 3.76. The Morgan fingerprint density at radius 3 is 2.53 bits per heavy atom. The van der Waals surface area contributed by atoms with Gasteiger partial charge in [-0.25, -0.2) is 0 Å². The summed E-state index contributed by atoms with van der Waals surface area (Å²) in [7, 11) is 0. The third kappa shape index (κ3) is 3.98. The fraction of sp³-hybridized carbons (Fsp3) is 0.857. The minimum Gasteiger partial charge on any atom is -0.311 e. The highest BCUT2D eigenvalue weighted by Crippen LogP contribution is 2.30. The zero-order valence-electron chi connectivity index (χ0n) is 10.6. The van der Waals surface area contributed by atoms with Crippen molar-refractivity contribution < 1.29 is 0 Å². The van der Waals surface area contributed by atoms with Gasteiger partial charge < -0.3 is 5.32 Å². The van der Waals surface area contributed by atoms with E-state index < -0.39 is 0 Å². The third-order valence-corrected chi connectivity index (χ3v) is 3.69. The van der Waals surface area contributed by atoms with Crippen LogP contribution in [-0.2, 0) is 0 Å². The first-order valence-corrected chi connectivity index (χ1v) is 6.52. The highest BCUT2D eigenvalue weighted by atomic mass is 15.0. The van der Waals surface area contributed by atoms with Gasteiger partial charge in [-0.1, -0.05) is 32.8 Å². The van der Waals surface area contributed by atoms with E-state index in [1.807, 2.05) is 6.08 Å². The van der Waals surface area contributed by atoms with E-state index in [1.165, 1.54) is 25.7 Å². The molecule has 1 heteroatoms. The molecule has 1 fully saturated rings. The Kier molecular flexibility index (Phi) is 5.38. The molecule has 3 atom stereocenters. The van der Waals surface area contributed by atoms with Crippen LogP contribution in [0.1, 0.15) is 52.9 Å². The van der Waals surface area contributed by atoms with Crippen LogP contribution < -0.4 is 5.32 Å². The minimum absolute atomic E-state index is 0.590. The maximum Gasteiger partial charge on any atom is 0.0100 e. The van der Waals surface area contributed by atoms with E-state index in [0.717, 1.165) is 24.3 Å². The second-order valence-electron chi connectivity index (χ2n) is 5.39. The summed E-state index contributed by atoms with van der Waals surface area (Å²) < 4.78 is 0. The molecule has 1 saturated carbocycles. The lowest BCUT2D eigenvalue weighted by molar-refractivity contribution is 0.195. The Bertz CT molecular complexity index is 186. The van der Waals surface area contributed by atoms with E-state index in [0.29, 0.717) is 6.04 Å². The van der Waals surface area contributed by atoms with Gasteiger partial charge in [-0.3, -0.25) is 0 Å². The molecule has 1 nitrogen and oxygen atoms in total. The molecule has 0 heterocycles. The molecule has 0 saturated heterocycles. The van der Waals surface area contributed by atoms with Crippen molar-refractivity contribution in [3.8, 4) is 0 Å². The first-order valence-electron chi connectivity index (χ1n) is 6.52. The lowest BCUT2D eigenvalue weighted by Gasteiger charge is -2.36. The van der Waals surface area contributed by atoms with E-state index in [-0.39, 0.29) is 0 Å². The number of hydrogen-bond acceptors (Lipinski definition) is 1. The SMILES string of the molecule is C=CCC(C)NC1CCCCC1C(C)C. The maximum absolute atomic E-state index is 3.81. The molecule has 0 amide bonds. The number of nitrogens with one attached hydrogen (secondary N) is 1. The fourth-order valence-electron chi connectivity index (χ4n) is 2.85. The van der Waals surface area contributed by atoms with Crippen LogP contribution in [0.15, 0.2) is 12.7 Å². The van der Waals surface area contributed by atoms with Crippen molar-refractivity contribution >= 4 is 0 Å². The van der Waals surface area contributed by atoms with Crippen LogP contribution in [0, 0.1) is 11.8 Å². The molecule has 0 aromatic heterocycles. The van der Waals surface area contributed by atoms with E-state index in [9.17, 15) is 0 Å². The van der Waals surface area contributed by atoms with Crippen LogP contribution >= 0.6 is 0 Å². The summed E-state index contributed by atoms with van der Waals surface area (Å²) in [5.41, 5.74) is 0. The van der Waals surface area contributed by atoms with Crippen LogP contribution in [0.2, 0.25) is 0 Å². The van der Waals surface area contributed by atoms with Crippen molar-refractivity contribution in [1.82, 2.24) is 5.32 Å². The van der Waals surface area contributed by atoms with Gasteiger partial charge in [0.25, 0.3) is 0 Å². The molecule has 15 heavy (non-hydrogen) atoms. The summed E-state index contributed by atoms with van der Waals surface area (Å²) >= 11 is 0. The fourth-order valence-corrected chi connectivity index (χ4v) is 2.85. The molecule has 0 aromatic carbocycles. The Morgan fingerprint density at radius 1 is 1.27 bits per heavy atom. The molecule has 0 bridgehead atoms. The Balaban J connectivity index is 2.45. The van der Waals surface area contributed by atoms with Crippen molar-refractivity contribution in [2.75, 3.05) is 0 Å². The van der Waals surface area contributed by atoms with Crippen molar-refractivity contribution in [2.45, 2.75) is 65.0 Å². The summed E-state index contributed by atoms with van der Waals surface area (Å²) in [4.78, 5) is 0. The van der Waals surface area contributed by atoms with Gasteiger partial charge in [0, 0.05) is 12.1 Å². The van der Waals surface area contributed by atoms with Crippen LogP contribution in [0.5, 0.6) is 0 Å². The molecule has 0 radical (unpaired) electrons. The first kappa shape index (κ1) is 12.8. The molecule has 0 spiro atoms. The lowest BCUT2D eigenvalue weighted by atomic mass is 9.77. The lowest BCUT2D eigenvalue weighted by Crippen LogP contribution is -2.44. The van der Waals surface area contributed by atoms with Crippen molar-refractivity contribution in [1.29, 1.82) is 0 Å². The van der Waals surface area contributed by atoms with Gasteiger partial charge in [-0.05, 0) is 38.0 Å². The van der Waals surface area contributed by atoms with Crippen LogP contribution in [0.25, 0.3) is 0 Å². The maximum atomic E-state index is 3.81. The van der Waals surface area contributed by atoms with Gasteiger partial charge in [0.15, 0.2) is 0 Å². The van der Waals surface area contributed by atoms with E-state index in [2.05, 4.69) is 32.7 Å². The topological polar surface area (TPSA) is 12.0 Å². The predicted molar refractivity (Wildman–Crippen MR) is 68.0 cm³/mol. The average molecular weight is 209 g/mol. The van der Waals surface area contributed by atoms with Gasteiger partial charge in [-0.2, -0.15) is 0 Å². The zero-order valence-corrected chi connectivity index (χ0v) is 10.6. The van der Waals surface area contributed by atoms with Crippen molar-refractivity contribution in [3.63, 3.8) is 0 Å². The van der Waals surface area contributed by atoms with Crippen LogP contribution in [-0.4, -0.2) is 12.1 Å². The van der Waals surface area contributed by atoms with Gasteiger partial charge in [-0.15, -0.1) is 6.58 Å². The molecular weight excluding hydrogens is 182 g/mol. The van der Waals surface area contributed by atoms with Crippen LogP contribution in [0.4, 0.5) is 0 Å². The largest absolute Gasteiger partial charge is 0.311 e. The Morgan fingerprint density at radius 2 is 1.93 bits per heavy atom. The van der Waals surface area contributed by atoms with Crippen LogP contribution in [0.3, 0.4) is 0 Å². The molecule has 0 aromatic rings. The molecule has 1 N–H and O–H groups in total. The second-order valence-corrected chi connectivity index (χ2v) is 5.39. The van der Waals surface area contributed by atoms with Crippen molar-refractivity contribution in [2.24, 2.45) is 11.8 Å². The van der Waals surface area contributed by atoms with Gasteiger partial charge in [0.05, 0.1) is 0 Å². The molecular formula is C14H27N. The molecule has 0 aliphatic heterocycles. The monoisotopic (exact) mass is 209 g/mol. The summed E-state index contributed by atoms with van der Waals surface area (Å²) in [6, 6.07) is 1.33. The highest BCUT2D eigenvalue weighted by molar-refractivity contribution is 4.86. The minimum atomic E-state index is 0.590. The van der Waals surface area contributed by atoms with E-state index in [4.69, 9.17) is 0 Å². The number of hydrogen-bond donors (Lipinski definition) is 1. The highest BCUT2D eigenvalue weighted by Gasteiger charge is 2.27. The number of rotatable bonds is 5. The van der Waals surface area contributed by atoms with Gasteiger partial charge >= 0.3 is 0 Å². The zero-order chi connectivity index (χ0) is 11.3.